The topological polar surface area (TPSA) is 59.4 Å². The summed E-state index contributed by atoms with van der Waals surface area (Å²) in [5.74, 6) is 0.0559. The van der Waals surface area contributed by atoms with Crippen molar-refractivity contribution in [2.75, 3.05) is 40.8 Å². The van der Waals surface area contributed by atoms with Gasteiger partial charge < -0.3 is 10.2 Å². The minimum Gasteiger partial charge on any atom is -0.326 e. The molecule has 0 radical (unpaired) electrons. The van der Waals surface area contributed by atoms with Gasteiger partial charge in [-0.3, -0.25) is 9.69 Å². The van der Waals surface area contributed by atoms with Crippen LogP contribution < -0.4 is 5.32 Å². The maximum atomic E-state index is 12.4. The average molecular weight is 280 g/mol. The quantitative estimate of drug-likeness (QED) is 0.712. The van der Waals surface area contributed by atoms with Gasteiger partial charge in [-0.15, -0.1) is 0 Å². The van der Waals surface area contributed by atoms with Crippen LogP contribution in [0.5, 0.6) is 0 Å². The third-order valence-electron chi connectivity index (χ3n) is 4.28. The molecule has 20 heavy (non-hydrogen) atoms. The zero-order chi connectivity index (χ0) is 15.0. The van der Waals surface area contributed by atoms with Gasteiger partial charge in [-0.05, 0) is 46.4 Å². The molecule has 1 rings (SSSR count). The van der Waals surface area contributed by atoms with Crippen LogP contribution in [0.3, 0.4) is 0 Å². The summed E-state index contributed by atoms with van der Waals surface area (Å²) in [5.41, 5.74) is -0.568. The second kappa shape index (κ2) is 8.23. The lowest BCUT2D eigenvalue weighted by atomic mass is 9.81. The van der Waals surface area contributed by atoms with Crippen LogP contribution in [0.2, 0.25) is 0 Å². The number of hydrogen-bond donors (Lipinski definition) is 1. The molecule has 1 N–H and O–H groups in total. The Hall–Kier alpha value is -1.12. The molecule has 1 saturated carbocycles. The standard InChI is InChI=1S/C15H28N4O/c1-17-10-7-11-18(2)12-14(20)19(3)15(13-16)8-5-4-6-9-15/h17H,4-12H2,1-3H3. The van der Waals surface area contributed by atoms with Gasteiger partial charge in [0.2, 0.25) is 5.91 Å². The first-order chi connectivity index (χ1) is 9.55. The van der Waals surface area contributed by atoms with Crippen molar-refractivity contribution in [3.05, 3.63) is 0 Å². The zero-order valence-electron chi connectivity index (χ0n) is 13.1. The number of carbonyl (C=O) groups is 1. The molecule has 0 aromatic rings. The number of nitriles is 1. The second-order valence-corrected chi connectivity index (χ2v) is 5.85. The van der Waals surface area contributed by atoms with Crippen LogP contribution in [0.15, 0.2) is 0 Å². The Morgan fingerprint density at radius 1 is 1.30 bits per heavy atom. The smallest absolute Gasteiger partial charge is 0.237 e. The predicted octanol–water partition coefficient (Wildman–Crippen LogP) is 1.21. The molecule has 1 aliphatic rings. The number of nitrogens with zero attached hydrogens (tertiary/aromatic N) is 3. The SMILES string of the molecule is CNCCCN(C)CC(=O)N(C)C1(C#N)CCCCC1. The number of carbonyl (C=O) groups excluding carboxylic acids is 1. The van der Waals surface area contributed by atoms with Gasteiger partial charge in [-0.1, -0.05) is 19.3 Å². The van der Waals surface area contributed by atoms with E-state index in [-0.39, 0.29) is 5.91 Å². The fourth-order valence-corrected chi connectivity index (χ4v) is 2.84. The van der Waals surface area contributed by atoms with Gasteiger partial charge in [-0.25, -0.2) is 0 Å². The summed E-state index contributed by atoms with van der Waals surface area (Å²) < 4.78 is 0. The molecular weight excluding hydrogens is 252 g/mol. The number of amides is 1. The van der Waals surface area contributed by atoms with E-state index < -0.39 is 5.54 Å². The summed E-state index contributed by atoms with van der Waals surface area (Å²) >= 11 is 0. The van der Waals surface area contributed by atoms with E-state index in [0.29, 0.717) is 6.54 Å². The monoisotopic (exact) mass is 280 g/mol. The van der Waals surface area contributed by atoms with Crippen molar-refractivity contribution in [2.45, 2.75) is 44.1 Å². The first-order valence-electron chi connectivity index (χ1n) is 7.57. The lowest BCUT2D eigenvalue weighted by molar-refractivity contribution is -0.135. The largest absolute Gasteiger partial charge is 0.326 e. The highest BCUT2D eigenvalue weighted by atomic mass is 16.2. The number of rotatable bonds is 7. The lowest BCUT2D eigenvalue weighted by Crippen LogP contribution is -2.52. The molecule has 0 atom stereocenters. The maximum Gasteiger partial charge on any atom is 0.237 e. The normalized spacial score (nSPS) is 17.8. The summed E-state index contributed by atoms with van der Waals surface area (Å²) in [6, 6.07) is 2.40. The van der Waals surface area contributed by atoms with Crippen LogP contribution in [-0.4, -0.2) is 62.0 Å². The van der Waals surface area contributed by atoms with Crippen molar-refractivity contribution < 1.29 is 4.79 Å². The van der Waals surface area contributed by atoms with E-state index >= 15 is 0 Å². The average Bonchev–Trinajstić information content (AvgIpc) is 2.47. The molecule has 0 aromatic carbocycles. The highest BCUT2D eigenvalue weighted by Crippen LogP contribution is 2.32. The van der Waals surface area contributed by atoms with E-state index in [9.17, 15) is 10.1 Å². The molecular formula is C15H28N4O. The first kappa shape index (κ1) is 16.9. The number of nitrogens with one attached hydrogen (secondary N) is 1. The summed E-state index contributed by atoms with van der Waals surface area (Å²) in [7, 11) is 5.68. The van der Waals surface area contributed by atoms with Crippen molar-refractivity contribution in [1.82, 2.24) is 15.1 Å². The Labute approximate surface area is 122 Å². The minimum atomic E-state index is -0.568. The maximum absolute atomic E-state index is 12.4. The Balaban J connectivity index is 2.50. The van der Waals surface area contributed by atoms with Crippen molar-refractivity contribution in [3.8, 4) is 6.07 Å². The molecule has 0 unspecified atom stereocenters. The van der Waals surface area contributed by atoms with Gasteiger partial charge in [0.25, 0.3) is 0 Å². The molecule has 0 aliphatic heterocycles. The fourth-order valence-electron chi connectivity index (χ4n) is 2.84. The van der Waals surface area contributed by atoms with Gasteiger partial charge in [0.15, 0.2) is 0 Å². The Kier molecular flexibility index (Phi) is 6.97. The van der Waals surface area contributed by atoms with E-state index in [4.69, 9.17) is 0 Å². The molecule has 0 aromatic heterocycles. The molecule has 1 amide bonds. The number of likely N-dealkylation sites (N-methyl/N-ethyl adjacent to an activating group) is 2. The van der Waals surface area contributed by atoms with Gasteiger partial charge >= 0.3 is 0 Å². The van der Waals surface area contributed by atoms with E-state index in [1.165, 1.54) is 6.42 Å². The van der Waals surface area contributed by atoms with Crippen LogP contribution in [0.25, 0.3) is 0 Å². The number of hydrogen-bond acceptors (Lipinski definition) is 4. The van der Waals surface area contributed by atoms with Gasteiger partial charge in [-0.2, -0.15) is 5.26 Å². The van der Waals surface area contributed by atoms with Crippen LogP contribution in [0, 0.1) is 11.3 Å². The van der Waals surface area contributed by atoms with Crippen molar-refractivity contribution in [2.24, 2.45) is 0 Å². The summed E-state index contributed by atoms with van der Waals surface area (Å²) in [4.78, 5) is 16.1. The highest BCUT2D eigenvalue weighted by molar-refractivity contribution is 5.79. The van der Waals surface area contributed by atoms with Crippen LogP contribution in [0.4, 0.5) is 0 Å². The van der Waals surface area contributed by atoms with Crippen molar-refractivity contribution >= 4 is 5.91 Å². The molecule has 1 fully saturated rings. The molecule has 0 heterocycles. The zero-order valence-corrected chi connectivity index (χ0v) is 13.1. The van der Waals surface area contributed by atoms with Gasteiger partial charge in [0.1, 0.15) is 5.54 Å². The van der Waals surface area contributed by atoms with Gasteiger partial charge in [0, 0.05) is 7.05 Å². The van der Waals surface area contributed by atoms with Gasteiger partial charge in [0.05, 0.1) is 12.6 Å². The molecule has 0 spiro atoms. The summed E-state index contributed by atoms with van der Waals surface area (Å²) in [6.45, 7) is 2.24. The molecule has 1 aliphatic carbocycles. The van der Waals surface area contributed by atoms with Crippen LogP contribution >= 0.6 is 0 Å². The third-order valence-corrected chi connectivity index (χ3v) is 4.28. The lowest BCUT2D eigenvalue weighted by Gasteiger charge is -2.39. The first-order valence-corrected chi connectivity index (χ1v) is 7.57. The Bertz CT molecular complexity index is 344. The molecule has 0 bridgehead atoms. The van der Waals surface area contributed by atoms with Crippen molar-refractivity contribution in [1.29, 1.82) is 5.26 Å². The fraction of sp³-hybridized carbons (Fsp3) is 0.867. The highest BCUT2D eigenvalue weighted by Gasteiger charge is 2.38. The predicted molar refractivity (Wildman–Crippen MR) is 80.2 cm³/mol. The molecule has 114 valence electrons. The molecule has 5 heteroatoms. The minimum absolute atomic E-state index is 0.0559. The third kappa shape index (κ3) is 4.46. The van der Waals surface area contributed by atoms with Crippen molar-refractivity contribution in [3.63, 3.8) is 0 Å². The van der Waals surface area contributed by atoms with E-state index in [0.717, 1.165) is 45.2 Å². The van der Waals surface area contributed by atoms with Crippen LogP contribution in [0.1, 0.15) is 38.5 Å². The van der Waals surface area contributed by atoms with Crippen LogP contribution in [-0.2, 0) is 4.79 Å². The molecule has 5 nitrogen and oxygen atoms in total. The van der Waals surface area contributed by atoms with E-state index in [1.807, 2.05) is 19.0 Å². The Morgan fingerprint density at radius 3 is 2.50 bits per heavy atom. The Morgan fingerprint density at radius 2 is 1.95 bits per heavy atom. The summed E-state index contributed by atoms with van der Waals surface area (Å²) in [6.07, 6.45) is 5.92. The van der Waals surface area contributed by atoms with E-state index in [2.05, 4.69) is 11.4 Å². The molecule has 0 saturated heterocycles. The second-order valence-electron chi connectivity index (χ2n) is 5.85. The summed E-state index contributed by atoms with van der Waals surface area (Å²) in [5, 5.41) is 12.6. The van der Waals surface area contributed by atoms with E-state index in [1.54, 1.807) is 11.9 Å².